The van der Waals surface area contributed by atoms with Gasteiger partial charge in [0.15, 0.2) is 0 Å². The number of nitrogens with one attached hydrogen (secondary N) is 1. The van der Waals surface area contributed by atoms with Gasteiger partial charge in [0.25, 0.3) is 10.0 Å². The number of anilines is 1. The number of benzene rings is 1. The molecule has 2 aromatic rings. The molecule has 0 spiro atoms. The van der Waals surface area contributed by atoms with Crippen LogP contribution < -0.4 is 10.5 Å². The van der Waals surface area contributed by atoms with Gasteiger partial charge in [0.2, 0.25) is 11.0 Å². The SMILES string of the molecule is Cc1nnc(NS(=O)(=O)c2ccc(C(N)=O)cc2)s1. The Morgan fingerprint density at radius 2 is 1.89 bits per heavy atom. The largest absolute Gasteiger partial charge is 0.366 e. The van der Waals surface area contributed by atoms with Crippen molar-refractivity contribution >= 4 is 32.4 Å². The molecular formula is C10H10N4O3S2. The third-order valence-corrected chi connectivity index (χ3v) is 4.44. The Hall–Kier alpha value is -2.00. The number of nitrogens with zero attached hydrogens (tertiary/aromatic N) is 2. The number of hydrogen-bond donors (Lipinski definition) is 2. The van der Waals surface area contributed by atoms with Crippen LogP contribution in [0.15, 0.2) is 29.2 Å². The van der Waals surface area contributed by atoms with E-state index in [1.54, 1.807) is 6.92 Å². The highest BCUT2D eigenvalue weighted by molar-refractivity contribution is 7.93. The summed E-state index contributed by atoms with van der Waals surface area (Å²) in [5, 5.41) is 8.23. The lowest BCUT2D eigenvalue weighted by Crippen LogP contribution is -2.14. The third kappa shape index (κ3) is 3.06. The standard InChI is InChI=1S/C10H10N4O3S2/c1-6-12-13-10(18-6)14-19(16,17)8-4-2-7(3-5-8)9(11)15/h2-5H,1H3,(H2,11,15)(H,13,14). The van der Waals surface area contributed by atoms with Gasteiger partial charge in [-0.05, 0) is 31.2 Å². The third-order valence-electron chi connectivity index (χ3n) is 2.20. The molecule has 1 heterocycles. The molecule has 3 N–H and O–H groups in total. The molecule has 1 aromatic carbocycles. The zero-order valence-electron chi connectivity index (χ0n) is 9.82. The molecule has 0 aliphatic heterocycles. The lowest BCUT2D eigenvalue weighted by Gasteiger charge is -2.04. The minimum absolute atomic E-state index is 0.0188. The summed E-state index contributed by atoms with van der Waals surface area (Å²) < 4.78 is 26.3. The highest BCUT2D eigenvalue weighted by Crippen LogP contribution is 2.19. The average molecular weight is 298 g/mol. The Balaban J connectivity index is 2.26. The van der Waals surface area contributed by atoms with Crippen LogP contribution in [0.2, 0.25) is 0 Å². The lowest BCUT2D eigenvalue weighted by atomic mass is 10.2. The van der Waals surface area contributed by atoms with Crippen molar-refractivity contribution in [3.8, 4) is 0 Å². The fourth-order valence-corrected chi connectivity index (χ4v) is 3.13. The minimum atomic E-state index is -3.74. The first-order chi connectivity index (χ1) is 8.88. The first-order valence-corrected chi connectivity index (χ1v) is 7.41. The molecule has 0 bridgehead atoms. The monoisotopic (exact) mass is 298 g/mol. The molecule has 0 radical (unpaired) electrons. The van der Waals surface area contributed by atoms with E-state index in [9.17, 15) is 13.2 Å². The van der Waals surface area contributed by atoms with Crippen LogP contribution in [0.1, 0.15) is 15.4 Å². The molecule has 0 fully saturated rings. The van der Waals surface area contributed by atoms with E-state index < -0.39 is 15.9 Å². The van der Waals surface area contributed by atoms with Gasteiger partial charge in [-0.1, -0.05) is 11.3 Å². The van der Waals surface area contributed by atoms with Gasteiger partial charge in [-0.25, -0.2) is 8.42 Å². The maximum absolute atomic E-state index is 12.0. The number of hydrogen-bond acceptors (Lipinski definition) is 6. The van der Waals surface area contributed by atoms with Crippen LogP contribution in [0.5, 0.6) is 0 Å². The average Bonchev–Trinajstić information content (AvgIpc) is 2.74. The number of nitrogens with two attached hydrogens (primary N) is 1. The van der Waals surface area contributed by atoms with Crippen LogP contribution >= 0.6 is 11.3 Å². The van der Waals surface area contributed by atoms with Crippen molar-refractivity contribution in [3.63, 3.8) is 0 Å². The Morgan fingerprint density at radius 1 is 1.26 bits per heavy atom. The van der Waals surface area contributed by atoms with Gasteiger partial charge in [0.05, 0.1) is 4.90 Å². The van der Waals surface area contributed by atoms with Gasteiger partial charge < -0.3 is 5.73 Å². The van der Waals surface area contributed by atoms with Crippen molar-refractivity contribution in [1.82, 2.24) is 10.2 Å². The van der Waals surface area contributed by atoms with E-state index in [-0.39, 0.29) is 15.6 Å². The van der Waals surface area contributed by atoms with E-state index in [0.717, 1.165) is 11.3 Å². The van der Waals surface area contributed by atoms with Crippen LogP contribution in [0.4, 0.5) is 5.13 Å². The molecule has 7 nitrogen and oxygen atoms in total. The van der Waals surface area contributed by atoms with Crippen LogP contribution in [0.3, 0.4) is 0 Å². The number of primary amides is 1. The Labute approximate surface area is 113 Å². The highest BCUT2D eigenvalue weighted by Gasteiger charge is 2.16. The molecule has 9 heteroatoms. The number of carbonyl (C=O) groups is 1. The summed E-state index contributed by atoms with van der Waals surface area (Å²) in [6.07, 6.45) is 0. The van der Waals surface area contributed by atoms with Crippen LogP contribution in [-0.2, 0) is 10.0 Å². The van der Waals surface area contributed by atoms with Crippen molar-refractivity contribution in [2.45, 2.75) is 11.8 Å². The molecule has 0 saturated heterocycles. The molecule has 0 unspecified atom stereocenters. The molecule has 2 rings (SSSR count). The molecule has 19 heavy (non-hydrogen) atoms. The normalized spacial score (nSPS) is 11.2. The van der Waals surface area contributed by atoms with Crippen LogP contribution in [0, 0.1) is 6.92 Å². The predicted molar refractivity (Wildman–Crippen MR) is 70.4 cm³/mol. The number of rotatable bonds is 4. The number of amides is 1. The molecular weight excluding hydrogens is 288 g/mol. The van der Waals surface area contributed by atoms with Crippen molar-refractivity contribution in [3.05, 3.63) is 34.8 Å². The zero-order chi connectivity index (χ0) is 14.0. The van der Waals surface area contributed by atoms with Gasteiger partial charge in [0.1, 0.15) is 5.01 Å². The summed E-state index contributed by atoms with van der Waals surface area (Å²) in [5.41, 5.74) is 5.32. The predicted octanol–water partition coefficient (Wildman–Crippen LogP) is 0.746. The Kier molecular flexibility index (Phi) is 3.49. The van der Waals surface area contributed by atoms with Gasteiger partial charge >= 0.3 is 0 Å². The first-order valence-electron chi connectivity index (χ1n) is 5.11. The fourth-order valence-electron chi connectivity index (χ4n) is 1.31. The quantitative estimate of drug-likeness (QED) is 0.864. The van der Waals surface area contributed by atoms with Gasteiger partial charge in [-0.3, -0.25) is 9.52 Å². The maximum Gasteiger partial charge on any atom is 0.263 e. The Bertz CT molecular complexity index is 707. The summed E-state index contributed by atoms with van der Waals surface area (Å²) >= 11 is 1.13. The smallest absolute Gasteiger partial charge is 0.263 e. The van der Waals surface area contributed by atoms with E-state index in [1.165, 1.54) is 24.3 Å². The van der Waals surface area contributed by atoms with Crippen LogP contribution in [0.25, 0.3) is 0 Å². The highest BCUT2D eigenvalue weighted by atomic mass is 32.2. The van der Waals surface area contributed by atoms with Crippen molar-refractivity contribution in [2.75, 3.05) is 4.72 Å². The zero-order valence-corrected chi connectivity index (χ0v) is 11.5. The summed E-state index contributed by atoms with van der Waals surface area (Å²) in [6, 6.07) is 5.30. The molecule has 0 aliphatic rings. The van der Waals surface area contributed by atoms with E-state index in [2.05, 4.69) is 14.9 Å². The fraction of sp³-hybridized carbons (Fsp3) is 0.100. The number of carbonyl (C=O) groups excluding carboxylic acids is 1. The first kappa shape index (κ1) is 13.4. The molecule has 1 aromatic heterocycles. The Morgan fingerprint density at radius 3 is 2.37 bits per heavy atom. The molecule has 100 valence electrons. The van der Waals surface area contributed by atoms with Crippen molar-refractivity contribution in [1.29, 1.82) is 0 Å². The number of aryl methyl sites for hydroxylation is 1. The summed E-state index contributed by atoms with van der Waals surface area (Å²) in [7, 11) is -3.74. The summed E-state index contributed by atoms with van der Waals surface area (Å²) in [6.45, 7) is 1.72. The van der Waals surface area contributed by atoms with E-state index in [1.807, 2.05) is 0 Å². The molecule has 0 atom stereocenters. The molecule has 1 amide bonds. The van der Waals surface area contributed by atoms with E-state index >= 15 is 0 Å². The van der Waals surface area contributed by atoms with E-state index in [0.29, 0.717) is 5.01 Å². The van der Waals surface area contributed by atoms with Gasteiger partial charge in [0, 0.05) is 5.56 Å². The van der Waals surface area contributed by atoms with Crippen molar-refractivity contribution in [2.24, 2.45) is 5.73 Å². The van der Waals surface area contributed by atoms with E-state index in [4.69, 9.17) is 5.73 Å². The second-order valence-electron chi connectivity index (χ2n) is 3.62. The number of aromatic nitrogens is 2. The topological polar surface area (TPSA) is 115 Å². The molecule has 0 saturated carbocycles. The number of sulfonamides is 1. The minimum Gasteiger partial charge on any atom is -0.366 e. The summed E-state index contributed by atoms with van der Waals surface area (Å²) in [4.78, 5) is 10.9. The van der Waals surface area contributed by atoms with Crippen LogP contribution in [-0.4, -0.2) is 24.5 Å². The van der Waals surface area contributed by atoms with Crippen molar-refractivity contribution < 1.29 is 13.2 Å². The lowest BCUT2D eigenvalue weighted by molar-refractivity contribution is 0.1000. The summed E-state index contributed by atoms with van der Waals surface area (Å²) in [5.74, 6) is -0.614. The van der Waals surface area contributed by atoms with Gasteiger partial charge in [-0.15, -0.1) is 10.2 Å². The molecule has 0 aliphatic carbocycles. The maximum atomic E-state index is 12.0. The second kappa shape index (κ2) is 4.94. The van der Waals surface area contributed by atoms with Gasteiger partial charge in [-0.2, -0.15) is 0 Å². The second-order valence-corrected chi connectivity index (χ2v) is 6.48.